The van der Waals surface area contributed by atoms with Gasteiger partial charge in [0.1, 0.15) is 6.10 Å². The van der Waals surface area contributed by atoms with Gasteiger partial charge >= 0.3 is 5.97 Å². The van der Waals surface area contributed by atoms with E-state index in [0.717, 1.165) is 30.6 Å². The number of rotatable bonds is 5. The third-order valence-corrected chi connectivity index (χ3v) is 10.4. The number of carbonyl (C=O) groups is 1. The predicted octanol–water partition coefficient (Wildman–Crippen LogP) is 7.76. The number of allylic oxidation sites excluding steroid dienone is 5. The first-order valence-corrected chi connectivity index (χ1v) is 13.3. The van der Waals surface area contributed by atoms with Crippen LogP contribution in [0.5, 0.6) is 0 Å². The van der Waals surface area contributed by atoms with Crippen molar-refractivity contribution in [3.8, 4) is 0 Å². The van der Waals surface area contributed by atoms with Crippen molar-refractivity contribution in [1.82, 2.24) is 0 Å². The Morgan fingerprint density at radius 1 is 1.03 bits per heavy atom. The van der Waals surface area contributed by atoms with Gasteiger partial charge in [-0.15, -0.1) is 0 Å². The van der Waals surface area contributed by atoms with Crippen LogP contribution in [-0.4, -0.2) is 12.1 Å². The molecule has 0 N–H and O–H groups in total. The maximum Gasteiger partial charge on any atom is 0.303 e. The van der Waals surface area contributed by atoms with E-state index in [1.807, 2.05) is 0 Å². The first-order valence-electron chi connectivity index (χ1n) is 13.3. The van der Waals surface area contributed by atoms with Crippen LogP contribution < -0.4 is 0 Å². The molecule has 32 heavy (non-hydrogen) atoms. The van der Waals surface area contributed by atoms with Gasteiger partial charge < -0.3 is 4.74 Å². The molecule has 2 saturated carbocycles. The summed E-state index contributed by atoms with van der Waals surface area (Å²) in [5.41, 5.74) is 2.13. The van der Waals surface area contributed by atoms with Crippen molar-refractivity contribution >= 4 is 5.97 Å². The molecule has 9 atom stereocenters. The van der Waals surface area contributed by atoms with Crippen molar-refractivity contribution in [3.63, 3.8) is 0 Å². The molecule has 4 aliphatic carbocycles. The summed E-state index contributed by atoms with van der Waals surface area (Å²) in [6.45, 7) is 16.1. The number of esters is 1. The molecule has 4 rings (SSSR count). The summed E-state index contributed by atoms with van der Waals surface area (Å²) in [5, 5.41) is 0. The molecule has 2 nitrogen and oxygen atoms in total. The number of ether oxygens (including phenoxy) is 1. The highest BCUT2D eigenvalue weighted by atomic mass is 16.5. The number of carbonyl (C=O) groups excluding carboxylic acids is 1. The molecule has 0 saturated heterocycles. The molecule has 0 aromatic rings. The molecule has 0 bridgehead atoms. The quantitative estimate of drug-likeness (QED) is 0.324. The molecule has 178 valence electrons. The van der Waals surface area contributed by atoms with Gasteiger partial charge in [-0.3, -0.25) is 4.79 Å². The van der Waals surface area contributed by atoms with Gasteiger partial charge in [0.05, 0.1) is 0 Å². The molecule has 2 heteroatoms. The van der Waals surface area contributed by atoms with Crippen molar-refractivity contribution in [2.75, 3.05) is 0 Å². The fraction of sp³-hybridized carbons (Fsp3) is 0.767. The number of fused-ring (bicyclic) bond motifs is 5. The van der Waals surface area contributed by atoms with Gasteiger partial charge in [0.25, 0.3) is 0 Å². The third kappa shape index (κ3) is 4.05. The van der Waals surface area contributed by atoms with Gasteiger partial charge in [0.15, 0.2) is 0 Å². The monoisotopic (exact) mass is 438 g/mol. The molecular weight excluding hydrogens is 392 g/mol. The molecule has 0 heterocycles. The van der Waals surface area contributed by atoms with Crippen molar-refractivity contribution in [3.05, 3.63) is 36.0 Å². The van der Waals surface area contributed by atoms with Gasteiger partial charge in [-0.25, -0.2) is 0 Å². The number of hydrogen-bond donors (Lipinski definition) is 0. The van der Waals surface area contributed by atoms with E-state index in [1.165, 1.54) is 38.2 Å². The summed E-state index contributed by atoms with van der Waals surface area (Å²) in [6.07, 6.45) is 19.8. The van der Waals surface area contributed by atoms with Crippen LogP contribution in [0, 0.1) is 52.3 Å². The normalized spacial score (nSPS) is 42.8. The lowest BCUT2D eigenvalue weighted by Crippen LogP contribution is -2.49. The van der Waals surface area contributed by atoms with Gasteiger partial charge in [0.2, 0.25) is 0 Å². The molecule has 2 fully saturated rings. The zero-order valence-electron chi connectivity index (χ0n) is 21.6. The second-order valence-electron chi connectivity index (χ2n) is 12.5. The van der Waals surface area contributed by atoms with Crippen molar-refractivity contribution < 1.29 is 9.53 Å². The summed E-state index contributed by atoms with van der Waals surface area (Å²) in [5.74, 6) is 4.94. The molecule has 0 aromatic heterocycles. The van der Waals surface area contributed by atoms with Crippen LogP contribution in [0.3, 0.4) is 0 Å². The molecular formula is C30H46O2. The Morgan fingerprint density at radius 2 is 1.78 bits per heavy atom. The van der Waals surface area contributed by atoms with Gasteiger partial charge in [0, 0.05) is 6.92 Å². The Morgan fingerprint density at radius 3 is 2.47 bits per heavy atom. The molecule has 0 aromatic carbocycles. The van der Waals surface area contributed by atoms with E-state index in [9.17, 15) is 4.79 Å². The van der Waals surface area contributed by atoms with Crippen LogP contribution in [0.4, 0.5) is 0 Å². The summed E-state index contributed by atoms with van der Waals surface area (Å²) >= 11 is 0. The van der Waals surface area contributed by atoms with Gasteiger partial charge in [-0.2, -0.15) is 0 Å². The van der Waals surface area contributed by atoms with E-state index in [-0.39, 0.29) is 17.5 Å². The second kappa shape index (κ2) is 8.80. The van der Waals surface area contributed by atoms with Crippen LogP contribution in [0.25, 0.3) is 0 Å². The Kier molecular flexibility index (Phi) is 6.56. The zero-order valence-corrected chi connectivity index (χ0v) is 21.6. The van der Waals surface area contributed by atoms with Crippen LogP contribution >= 0.6 is 0 Å². The largest absolute Gasteiger partial charge is 0.458 e. The molecule has 0 aliphatic heterocycles. The minimum Gasteiger partial charge on any atom is -0.458 e. The van der Waals surface area contributed by atoms with E-state index in [4.69, 9.17) is 4.74 Å². The minimum absolute atomic E-state index is 0.0395. The lowest BCUT2D eigenvalue weighted by molar-refractivity contribution is -0.145. The Bertz CT molecular complexity index is 804. The Balaban J connectivity index is 1.54. The highest BCUT2D eigenvalue weighted by molar-refractivity contribution is 5.66. The van der Waals surface area contributed by atoms with Crippen LogP contribution in [0.1, 0.15) is 87.0 Å². The molecule has 0 spiro atoms. The molecule has 0 unspecified atom stereocenters. The van der Waals surface area contributed by atoms with Crippen molar-refractivity contribution in [2.24, 2.45) is 52.3 Å². The highest BCUT2D eigenvalue weighted by Gasteiger charge is 2.58. The lowest BCUT2D eigenvalue weighted by atomic mass is 9.48. The standard InChI is InChI=1S/C30H46O2/c1-19(2)20(3)8-9-21(4)26-12-13-27-25-11-10-23-18-24(32-22(5)31)14-16-29(23,6)28(25)15-17-30(26,27)7/h8-11,18-21,24-28H,12-17H2,1-7H3/b9-8+/t20-,21+,24-,25-,26+,27-,28-,29-,30+/m0/s1. The summed E-state index contributed by atoms with van der Waals surface area (Å²) in [7, 11) is 0. The fourth-order valence-electron chi connectivity index (χ4n) is 8.04. The van der Waals surface area contributed by atoms with Crippen molar-refractivity contribution in [2.45, 2.75) is 93.1 Å². The van der Waals surface area contributed by atoms with Gasteiger partial charge in [-0.1, -0.05) is 65.8 Å². The third-order valence-electron chi connectivity index (χ3n) is 10.4. The van der Waals surface area contributed by atoms with E-state index in [1.54, 1.807) is 0 Å². The van der Waals surface area contributed by atoms with Gasteiger partial charge in [-0.05, 0) is 102 Å². The summed E-state index contributed by atoms with van der Waals surface area (Å²) < 4.78 is 5.55. The van der Waals surface area contributed by atoms with E-state index in [0.29, 0.717) is 29.1 Å². The summed E-state index contributed by atoms with van der Waals surface area (Å²) in [6, 6.07) is 0. The first kappa shape index (κ1) is 23.8. The Hall–Kier alpha value is -1.31. The smallest absolute Gasteiger partial charge is 0.303 e. The summed E-state index contributed by atoms with van der Waals surface area (Å²) in [4.78, 5) is 11.5. The molecule has 0 amide bonds. The Labute approximate surface area is 197 Å². The first-order chi connectivity index (χ1) is 15.1. The SMILES string of the molecule is CC(=O)O[C@@H]1C=C2C=C[C@H]3[C@@H]4CC[C@H]([C@H](C)/C=C/[C@H](C)C(C)C)[C@@]4(C)CC[C@@H]3[C@@]2(C)CC1. The van der Waals surface area contributed by atoms with Crippen molar-refractivity contribution in [1.29, 1.82) is 0 Å². The number of hydrogen-bond acceptors (Lipinski definition) is 2. The zero-order chi connectivity index (χ0) is 23.3. The average Bonchev–Trinajstić information content (AvgIpc) is 3.08. The maximum atomic E-state index is 11.5. The van der Waals surface area contributed by atoms with Crippen LogP contribution in [0.2, 0.25) is 0 Å². The van der Waals surface area contributed by atoms with Crippen LogP contribution in [-0.2, 0) is 9.53 Å². The molecule has 4 aliphatic rings. The lowest BCUT2D eigenvalue weighted by Gasteiger charge is -2.57. The topological polar surface area (TPSA) is 26.3 Å². The predicted molar refractivity (Wildman–Crippen MR) is 133 cm³/mol. The average molecular weight is 439 g/mol. The minimum atomic E-state index is -0.162. The highest BCUT2D eigenvalue weighted by Crippen LogP contribution is 2.66. The fourth-order valence-corrected chi connectivity index (χ4v) is 8.04. The van der Waals surface area contributed by atoms with E-state index in [2.05, 4.69) is 71.9 Å². The van der Waals surface area contributed by atoms with E-state index >= 15 is 0 Å². The molecule has 0 radical (unpaired) electrons. The van der Waals surface area contributed by atoms with Crippen LogP contribution in [0.15, 0.2) is 36.0 Å². The maximum absolute atomic E-state index is 11.5. The van der Waals surface area contributed by atoms with E-state index < -0.39 is 0 Å². The second-order valence-corrected chi connectivity index (χ2v) is 12.5.